The zero-order valence-corrected chi connectivity index (χ0v) is 15.6. The van der Waals surface area contributed by atoms with Crippen molar-refractivity contribution in [2.75, 3.05) is 0 Å². The summed E-state index contributed by atoms with van der Waals surface area (Å²) in [7, 11) is 0. The van der Waals surface area contributed by atoms with Gasteiger partial charge in [0.2, 0.25) is 0 Å². The van der Waals surface area contributed by atoms with Crippen LogP contribution in [0.4, 0.5) is 0 Å². The van der Waals surface area contributed by atoms with Crippen LogP contribution in [0.1, 0.15) is 35.4 Å². The Balaban J connectivity index is 1.52. The van der Waals surface area contributed by atoms with Crippen LogP contribution in [0.25, 0.3) is 0 Å². The summed E-state index contributed by atoms with van der Waals surface area (Å²) < 4.78 is 3.62. The van der Waals surface area contributed by atoms with Gasteiger partial charge in [0.1, 0.15) is 5.01 Å². The first-order valence-corrected chi connectivity index (χ1v) is 9.57. The molecule has 8 heteroatoms. The van der Waals surface area contributed by atoms with E-state index < -0.39 is 11.1 Å². The second-order valence-electron chi connectivity index (χ2n) is 6.13. The molecule has 1 aromatic carbocycles. The average Bonchev–Trinajstić information content (AvgIpc) is 2.99. The minimum atomic E-state index is -0.517. The Hall–Kier alpha value is -2.06. The van der Waals surface area contributed by atoms with Gasteiger partial charge in [0.25, 0.3) is 0 Å². The standard InChI is InChI=1S/C17H15BrN4O2S/c18-17-20-19-14(25-17)10-21-6-7-22(16(24)15(21)23)13-8-12(9-13)11-4-2-1-3-5-11/h1-7,12-13H,8-10H2/t12-,13-. The van der Waals surface area contributed by atoms with Crippen LogP contribution in [0.5, 0.6) is 0 Å². The molecule has 2 aromatic heterocycles. The molecule has 0 N–H and O–H groups in total. The molecule has 0 radical (unpaired) electrons. The van der Waals surface area contributed by atoms with Crippen molar-refractivity contribution >= 4 is 27.3 Å². The van der Waals surface area contributed by atoms with Gasteiger partial charge in [0, 0.05) is 18.4 Å². The van der Waals surface area contributed by atoms with E-state index in [0.717, 1.165) is 12.8 Å². The molecule has 1 aliphatic carbocycles. The van der Waals surface area contributed by atoms with Crippen molar-refractivity contribution in [1.82, 2.24) is 19.3 Å². The summed E-state index contributed by atoms with van der Waals surface area (Å²) in [6.07, 6.45) is 5.15. The van der Waals surface area contributed by atoms with E-state index in [9.17, 15) is 9.59 Å². The van der Waals surface area contributed by atoms with E-state index in [2.05, 4.69) is 38.3 Å². The zero-order chi connectivity index (χ0) is 17.4. The third-order valence-electron chi connectivity index (χ3n) is 4.61. The predicted octanol–water partition coefficient (Wildman–Crippen LogP) is 2.79. The summed E-state index contributed by atoms with van der Waals surface area (Å²) in [4.78, 5) is 24.8. The number of halogens is 1. The van der Waals surface area contributed by atoms with Gasteiger partial charge in [0.05, 0.1) is 6.54 Å². The molecule has 0 bridgehead atoms. The van der Waals surface area contributed by atoms with Gasteiger partial charge < -0.3 is 9.13 Å². The minimum Gasteiger partial charge on any atom is -0.306 e. The Morgan fingerprint density at radius 2 is 1.84 bits per heavy atom. The Labute approximate surface area is 155 Å². The lowest BCUT2D eigenvalue weighted by Gasteiger charge is -2.36. The number of benzene rings is 1. The van der Waals surface area contributed by atoms with Crippen molar-refractivity contribution in [3.63, 3.8) is 0 Å². The molecule has 3 aromatic rings. The van der Waals surface area contributed by atoms with Crippen LogP contribution in [0.3, 0.4) is 0 Å². The van der Waals surface area contributed by atoms with E-state index in [4.69, 9.17) is 0 Å². The normalized spacial score (nSPS) is 19.6. The van der Waals surface area contributed by atoms with E-state index >= 15 is 0 Å². The molecule has 4 rings (SSSR count). The van der Waals surface area contributed by atoms with Crippen molar-refractivity contribution in [1.29, 1.82) is 0 Å². The summed E-state index contributed by atoms with van der Waals surface area (Å²) in [5.41, 5.74) is 0.307. The number of aromatic nitrogens is 4. The molecule has 2 heterocycles. The summed E-state index contributed by atoms with van der Waals surface area (Å²) in [6, 6.07) is 10.4. The second kappa shape index (κ2) is 6.68. The van der Waals surface area contributed by atoms with Crippen molar-refractivity contribution in [3.8, 4) is 0 Å². The lowest BCUT2D eigenvalue weighted by atomic mass is 9.76. The highest BCUT2D eigenvalue weighted by atomic mass is 79.9. The van der Waals surface area contributed by atoms with E-state index in [1.54, 1.807) is 17.0 Å². The third kappa shape index (κ3) is 3.23. The average molecular weight is 419 g/mol. The van der Waals surface area contributed by atoms with Crippen LogP contribution in [0.2, 0.25) is 0 Å². The van der Waals surface area contributed by atoms with E-state index in [1.807, 2.05) is 18.2 Å². The van der Waals surface area contributed by atoms with Crippen LogP contribution in [-0.4, -0.2) is 19.3 Å². The van der Waals surface area contributed by atoms with Crippen LogP contribution in [0.15, 0.2) is 56.2 Å². The molecule has 25 heavy (non-hydrogen) atoms. The molecule has 6 nitrogen and oxygen atoms in total. The van der Waals surface area contributed by atoms with Gasteiger partial charge >= 0.3 is 11.1 Å². The van der Waals surface area contributed by atoms with Gasteiger partial charge in [-0.15, -0.1) is 10.2 Å². The SMILES string of the molecule is O=c1c(=O)n([C@H]2C[C@H](c3ccccc3)C2)ccn1Cc1nnc(Br)s1. The Morgan fingerprint density at radius 1 is 1.08 bits per heavy atom. The lowest BCUT2D eigenvalue weighted by Crippen LogP contribution is -2.44. The fraction of sp³-hybridized carbons (Fsp3) is 0.294. The molecule has 0 unspecified atom stereocenters. The van der Waals surface area contributed by atoms with Gasteiger partial charge in [-0.05, 0) is 40.3 Å². The van der Waals surface area contributed by atoms with E-state index in [0.29, 0.717) is 14.8 Å². The van der Waals surface area contributed by atoms with E-state index in [1.165, 1.54) is 21.5 Å². The molecule has 0 saturated heterocycles. The van der Waals surface area contributed by atoms with E-state index in [-0.39, 0.29) is 12.6 Å². The molecular formula is C17H15BrN4O2S. The highest BCUT2D eigenvalue weighted by Crippen LogP contribution is 2.43. The smallest absolute Gasteiger partial charge is 0.306 e. The number of nitrogens with zero attached hydrogens (tertiary/aromatic N) is 4. The minimum absolute atomic E-state index is 0.0933. The zero-order valence-electron chi connectivity index (χ0n) is 13.2. The van der Waals surface area contributed by atoms with Crippen LogP contribution < -0.4 is 11.1 Å². The molecule has 1 saturated carbocycles. The van der Waals surface area contributed by atoms with Crippen LogP contribution >= 0.6 is 27.3 Å². The number of hydrogen-bond donors (Lipinski definition) is 0. The Bertz CT molecular complexity index is 1010. The Kier molecular flexibility index (Phi) is 4.39. The van der Waals surface area contributed by atoms with Crippen LogP contribution in [0, 0.1) is 0 Å². The number of rotatable bonds is 4. The molecule has 0 atom stereocenters. The first-order valence-electron chi connectivity index (χ1n) is 7.96. The highest BCUT2D eigenvalue weighted by Gasteiger charge is 2.32. The summed E-state index contributed by atoms with van der Waals surface area (Å²) in [5, 5.41) is 8.50. The topological polar surface area (TPSA) is 69.8 Å². The fourth-order valence-corrected chi connectivity index (χ4v) is 4.39. The van der Waals surface area contributed by atoms with Gasteiger partial charge in [-0.3, -0.25) is 9.59 Å². The maximum atomic E-state index is 12.5. The molecule has 0 amide bonds. The molecule has 0 spiro atoms. The Morgan fingerprint density at radius 3 is 2.52 bits per heavy atom. The lowest BCUT2D eigenvalue weighted by molar-refractivity contribution is 0.256. The number of hydrogen-bond acceptors (Lipinski definition) is 5. The maximum absolute atomic E-state index is 12.5. The van der Waals surface area contributed by atoms with Crippen molar-refractivity contribution in [2.45, 2.75) is 31.3 Å². The van der Waals surface area contributed by atoms with Crippen molar-refractivity contribution in [3.05, 3.63) is 77.9 Å². The van der Waals surface area contributed by atoms with Gasteiger partial charge in [-0.1, -0.05) is 41.7 Å². The predicted molar refractivity (Wildman–Crippen MR) is 99.1 cm³/mol. The monoisotopic (exact) mass is 418 g/mol. The highest BCUT2D eigenvalue weighted by molar-refractivity contribution is 9.11. The molecule has 1 fully saturated rings. The van der Waals surface area contributed by atoms with Gasteiger partial charge in [0.15, 0.2) is 3.92 Å². The third-order valence-corrected chi connectivity index (χ3v) is 5.95. The fourth-order valence-electron chi connectivity index (χ4n) is 3.19. The quantitative estimate of drug-likeness (QED) is 0.610. The summed E-state index contributed by atoms with van der Waals surface area (Å²) in [6.45, 7) is 0.259. The molecule has 128 valence electrons. The summed E-state index contributed by atoms with van der Waals surface area (Å²) >= 11 is 4.59. The van der Waals surface area contributed by atoms with Crippen molar-refractivity contribution in [2.24, 2.45) is 0 Å². The van der Waals surface area contributed by atoms with Gasteiger partial charge in [-0.2, -0.15) is 0 Å². The molecular weight excluding hydrogens is 404 g/mol. The molecule has 0 aliphatic heterocycles. The maximum Gasteiger partial charge on any atom is 0.316 e. The molecule has 1 aliphatic rings. The van der Waals surface area contributed by atoms with Crippen LogP contribution in [-0.2, 0) is 6.54 Å². The van der Waals surface area contributed by atoms with Gasteiger partial charge in [-0.25, -0.2) is 0 Å². The second-order valence-corrected chi connectivity index (χ2v) is 8.46. The summed E-state index contributed by atoms with van der Waals surface area (Å²) in [5.74, 6) is 0.458. The largest absolute Gasteiger partial charge is 0.316 e. The van der Waals surface area contributed by atoms with Crippen molar-refractivity contribution < 1.29 is 0 Å². The first-order chi connectivity index (χ1) is 12.1. The first kappa shape index (κ1) is 16.4.